The van der Waals surface area contributed by atoms with Crippen molar-refractivity contribution in [2.24, 2.45) is 5.92 Å². The minimum absolute atomic E-state index is 0.177. The minimum atomic E-state index is -0.177. The number of nitrogens with one attached hydrogen (secondary N) is 1. The van der Waals surface area contributed by atoms with Crippen LogP contribution < -0.4 is 5.32 Å². The van der Waals surface area contributed by atoms with Gasteiger partial charge in [-0.25, -0.2) is 0 Å². The highest BCUT2D eigenvalue weighted by molar-refractivity contribution is 4.73. The summed E-state index contributed by atoms with van der Waals surface area (Å²) in [5, 5.41) is 12.5. The fourth-order valence-electron chi connectivity index (χ4n) is 2.18. The van der Waals surface area contributed by atoms with Gasteiger partial charge in [0.2, 0.25) is 0 Å². The molecule has 0 bridgehead atoms. The van der Waals surface area contributed by atoms with E-state index in [1.54, 1.807) is 0 Å². The van der Waals surface area contributed by atoms with E-state index in [4.69, 9.17) is 0 Å². The van der Waals surface area contributed by atoms with Crippen molar-refractivity contribution >= 4 is 0 Å². The lowest BCUT2D eigenvalue weighted by molar-refractivity contribution is 0.0987. The molecule has 0 unspecified atom stereocenters. The maximum absolute atomic E-state index is 9.26. The third-order valence-electron chi connectivity index (χ3n) is 3.03. The van der Waals surface area contributed by atoms with Gasteiger partial charge in [0.25, 0.3) is 0 Å². The molecule has 0 aliphatic carbocycles. The average Bonchev–Trinajstić information content (AvgIpc) is 2.16. The SMILES string of the molecule is CNCCC1CCN(C[C@H](C)O)CC1. The number of likely N-dealkylation sites (tertiary alicyclic amines) is 1. The van der Waals surface area contributed by atoms with Crippen LogP contribution in [0.4, 0.5) is 0 Å². The number of hydrogen-bond acceptors (Lipinski definition) is 3. The molecule has 0 aromatic heterocycles. The van der Waals surface area contributed by atoms with Gasteiger partial charge in [0, 0.05) is 6.54 Å². The first-order valence-electron chi connectivity index (χ1n) is 5.77. The maximum atomic E-state index is 9.26. The summed E-state index contributed by atoms with van der Waals surface area (Å²) < 4.78 is 0. The Balaban J connectivity index is 2.11. The van der Waals surface area contributed by atoms with Gasteiger partial charge in [-0.15, -0.1) is 0 Å². The topological polar surface area (TPSA) is 35.5 Å². The fourth-order valence-corrected chi connectivity index (χ4v) is 2.18. The zero-order valence-electron chi connectivity index (χ0n) is 9.50. The Morgan fingerprint density at radius 2 is 2.07 bits per heavy atom. The highest BCUT2D eigenvalue weighted by atomic mass is 16.3. The molecule has 0 spiro atoms. The molecule has 0 aromatic rings. The lowest BCUT2D eigenvalue weighted by Gasteiger charge is -2.32. The Morgan fingerprint density at radius 1 is 1.43 bits per heavy atom. The molecule has 2 N–H and O–H groups in total. The molecule has 3 nitrogen and oxygen atoms in total. The molecular formula is C11H24N2O. The normalized spacial score (nSPS) is 22.5. The molecule has 14 heavy (non-hydrogen) atoms. The van der Waals surface area contributed by atoms with Crippen LogP contribution in [0, 0.1) is 5.92 Å². The van der Waals surface area contributed by atoms with Crippen molar-refractivity contribution in [1.29, 1.82) is 0 Å². The van der Waals surface area contributed by atoms with E-state index in [2.05, 4.69) is 10.2 Å². The molecular weight excluding hydrogens is 176 g/mol. The van der Waals surface area contributed by atoms with Crippen LogP contribution in [0.2, 0.25) is 0 Å². The van der Waals surface area contributed by atoms with E-state index in [1.165, 1.54) is 32.4 Å². The fraction of sp³-hybridized carbons (Fsp3) is 1.00. The maximum Gasteiger partial charge on any atom is 0.0639 e. The second-order valence-corrected chi connectivity index (χ2v) is 4.49. The average molecular weight is 200 g/mol. The molecule has 0 aromatic carbocycles. The standard InChI is InChI=1S/C11H24N2O/c1-10(14)9-13-7-4-11(5-8-13)3-6-12-2/h10-12,14H,3-9H2,1-2H3/t10-/m0/s1. The third kappa shape index (κ3) is 4.40. The number of aliphatic hydroxyl groups excluding tert-OH is 1. The van der Waals surface area contributed by atoms with E-state index in [-0.39, 0.29) is 6.10 Å². The first kappa shape index (κ1) is 12.0. The molecule has 84 valence electrons. The summed E-state index contributed by atoms with van der Waals surface area (Å²) in [4.78, 5) is 2.38. The summed E-state index contributed by atoms with van der Waals surface area (Å²) in [5.41, 5.74) is 0. The van der Waals surface area contributed by atoms with Crippen molar-refractivity contribution in [2.75, 3.05) is 33.2 Å². The second kappa shape index (κ2) is 6.38. The number of β-amino-alcohol motifs (C(OH)–C–C–N with tert-alkyl or cyclic N) is 1. The van der Waals surface area contributed by atoms with Gasteiger partial charge in [0.15, 0.2) is 0 Å². The first-order chi connectivity index (χ1) is 6.72. The van der Waals surface area contributed by atoms with E-state index < -0.39 is 0 Å². The molecule has 1 saturated heterocycles. The molecule has 3 heteroatoms. The van der Waals surface area contributed by atoms with Crippen molar-refractivity contribution in [3.63, 3.8) is 0 Å². The van der Waals surface area contributed by atoms with E-state index in [1.807, 2.05) is 14.0 Å². The quantitative estimate of drug-likeness (QED) is 0.685. The van der Waals surface area contributed by atoms with Gasteiger partial charge in [-0.3, -0.25) is 0 Å². The summed E-state index contributed by atoms with van der Waals surface area (Å²) in [6, 6.07) is 0. The molecule has 1 fully saturated rings. The first-order valence-corrected chi connectivity index (χ1v) is 5.77. The zero-order valence-corrected chi connectivity index (χ0v) is 9.50. The van der Waals surface area contributed by atoms with Gasteiger partial charge in [0.1, 0.15) is 0 Å². The minimum Gasteiger partial charge on any atom is -0.392 e. The summed E-state index contributed by atoms with van der Waals surface area (Å²) in [6.07, 6.45) is 3.73. The van der Waals surface area contributed by atoms with Crippen molar-refractivity contribution < 1.29 is 5.11 Å². The molecule has 0 radical (unpaired) electrons. The Hall–Kier alpha value is -0.120. The summed E-state index contributed by atoms with van der Waals surface area (Å²) in [7, 11) is 2.02. The Morgan fingerprint density at radius 3 is 2.57 bits per heavy atom. The van der Waals surface area contributed by atoms with Crippen LogP contribution in [0.3, 0.4) is 0 Å². The van der Waals surface area contributed by atoms with Crippen LogP contribution in [0.25, 0.3) is 0 Å². The molecule has 0 amide bonds. The van der Waals surface area contributed by atoms with Gasteiger partial charge < -0.3 is 15.3 Å². The largest absolute Gasteiger partial charge is 0.392 e. The summed E-state index contributed by atoms with van der Waals surface area (Å²) >= 11 is 0. The highest BCUT2D eigenvalue weighted by Crippen LogP contribution is 2.19. The molecule has 1 aliphatic heterocycles. The number of rotatable bonds is 5. The van der Waals surface area contributed by atoms with Gasteiger partial charge in [-0.2, -0.15) is 0 Å². The predicted octanol–water partition coefficient (Wildman–Crippen LogP) is 0.689. The second-order valence-electron chi connectivity index (χ2n) is 4.49. The van der Waals surface area contributed by atoms with Crippen LogP contribution in [0.1, 0.15) is 26.2 Å². The lowest BCUT2D eigenvalue weighted by atomic mass is 9.93. The lowest BCUT2D eigenvalue weighted by Crippen LogP contribution is -2.38. The molecule has 1 atom stereocenters. The number of aliphatic hydroxyl groups is 1. The van der Waals surface area contributed by atoms with E-state index in [0.717, 1.165) is 19.0 Å². The zero-order chi connectivity index (χ0) is 10.4. The van der Waals surface area contributed by atoms with Crippen LogP contribution >= 0.6 is 0 Å². The van der Waals surface area contributed by atoms with Crippen LogP contribution in [-0.4, -0.2) is 49.3 Å². The molecule has 1 aliphatic rings. The van der Waals surface area contributed by atoms with Gasteiger partial charge in [-0.05, 0) is 58.8 Å². The van der Waals surface area contributed by atoms with E-state index in [0.29, 0.717) is 0 Å². The van der Waals surface area contributed by atoms with Crippen LogP contribution in [-0.2, 0) is 0 Å². The van der Waals surface area contributed by atoms with E-state index in [9.17, 15) is 5.11 Å². The molecule has 0 saturated carbocycles. The van der Waals surface area contributed by atoms with Crippen molar-refractivity contribution in [3.8, 4) is 0 Å². The Labute approximate surface area is 87.5 Å². The third-order valence-corrected chi connectivity index (χ3v) is 3.03. The van der Waals surface area contributed by atoms with Gasteiger partial charge in [-0.1, -0.05) is 0 Å². The van der Waals surface area contributed by atoms with Gasteiger partial charge in [0.05, 0.1) is 6.10 Å². The van der Waals surface area contributed by atoms with Crippen LogP contribution in [0.15, 0.2) is 0 Å². The monoisotopic (exact) mass is 200 g/mol. The van der Waals surface area contributed by atoms with Crippen molar-refractivity contribution in [1.82, 2.24) is 10.2 Å². The Bertz CT molecular complexity index is 142. The van der Waals surface area contributed by atoms with Crippen molar-refractivity contribution in [2.45, 2.75) is 32.3 Å². The van der Waals surface area contributed by atoms with Crippen LogP contribution in [0.5, 0.6) is 0 Å². The van der Waals surface area contributed by atoms with Gasteiger partial charge >= 0.3 is 0 Å². The molecule has 1 heterocycles. The summed E-state index contributed by atoms with van der Waals surface area (Å²) in [5.74, 6) is 0.896. The summed E-state index contributed by atoms with van der Waals surface area (Å²) in [6.45, 7) is 6.19. The number of nitrogens with zero attached hydrogens (tertiary/aromatic N) is 1. The smallest absolute Gasteiger partial charge is 0.0639 e. The predicted molar refractivity (Wildman–Crippen MR) is 59.4 cm³/mol. The molecule has 1 rings (SSSR count). The number of hydrogen-bond donors (Lipinski definition) is 2. The van der Waals surface area contributed by atoms with Crippen molar-refractivity contribution in [3.05, 3.63) is 0 Å². The van der Waals surface area contributed by atoms with E-state index >= 15 is 0 Å². The number of piperidine rings is 1. The highest BCUT2D eigenvalue weighted by Gasteiger charge is 2.19. The Kier molecular flexibility index (Phi) is 5.45.